The number of nitrogens with one attached hydrogen (secondary N) is 1. The maximum Gasteiger partial charge on any atom is 0.202 e. The van der Waals surface area contributed by atoms with Crippen molar-refractivity contribution in [3.05, 3.63) is 47.4 Å². The number of nitrogens with zero attached hydrogens (tertiary/aromatic N) is 1. The average Bonchev–Trinajstić information content (AvgIpc) is 2.96. The molecule has 2 aromatic heterocycles. The molecule has 0 saturated heterocycles. The molecule has 0 spiro atoms. The fraction of sp³-hybridized carbons (Fsp3) is 0.0714. The maximum atomic E-state index is 6.03. The Balaban J connectivity index is 2.26. The Kier molecular flexibility index (Phi) is 2.80. The summed E-state index contributed by atoms with van der Waals surface area (Å²) in [5.74, 6) is 0.446. The summed E-state index contributed by atoms with van der Waals surface area (Å²) < 4.78 is 5.13. The van der Waals surface area contributed by atoms with Gasteiger partial charge in [-0.05, 0) is 35.7 Å². The molecule has 0 amide bonds. The molecule has 4 nitrogen and oxygen atoms in total. The molecule has 1 aromatic carbocycles. The van der Waals surface area contributed by atoms with Crippen LogP contribution in [0.25, 0.3) is 22.4 Å². The molecule has 3 rings (SSSR count). The van der Waals surface area contributed by atoms with Crippen LogP contribution >= 0.6 is 11.6 Å². The van der Waals surface area contributed by atoms with Gasteiger partial charge in [-0.25, -0.2) is 0 Å². The first-order chi connectivity index (χ1) is 9.18. The fourth-order valence-corrected chi connectivity index (χ4v) is 2.36. The van der Waals surface area contributed by atoms with Gasteiger partial charge >= 0.3 is 0 Å². The highest BCUT2D eigenvalue weighted by Gasteiger charge is 2.19. The van der Waals surface area contributed by atoms with Gasteiger partial charge in [-0.1, -0.05) is 24.3 Å². The van der Waals surface area contributed by atoms with Crippen molar-refractivity contribution in [3.8, 4) is 22.4 Å². The van der Waals surface area contributed by atoms with Crippen molar-refractivity contribution in [1.29, 1.82) is 0 Å². The minimum Gasteiger partial charge on any atom is -0.452 e. The SMILES string of the molecule is Cc1ccccc1-c1c(N)n[nH]c1-c1ccoc1Cl. The van der Waals surface area contributed by atoms with E-state index in [1.807, 2.05) is 31.2 Å². The molecule has 19 heavy (non-hydrogen) atoms. The van der Waals surface area contributed by atoms with Gasteiger partial charge < -0.3 is 10.2 Å². The summed E-state index contributed by atoms with van der Waals surface area (Å²) in [4.78, 5) is 0. The normalized spacial score (nSPS) is 10.8. The van der Waals surface area contributed by atoms with E-state index >= 15 is 0 Å². The van der Waals surface area contributed by atoms with Crippen molar-refractivity contribution in [2.45, 2.75) is 6.92 Å². The lowest BCUT2D eigenvalue weighted by Crippen LogP contribution is -1.90. The molecule has 0 saturated carbocycles. The predicted molar refractivity (Wildman–Crippen MR) is 75.9 cm³/mol. The van der Waals surface area contributed by atoms with Gasteiger partial charge in [-0.3, -0.25) is 5.10 Å². The maximum absolute atomic E-state index is 6.03. The highest BCUT2D eigenvalue weighted by atomic mass is 35.5. The molecule has 3 aromatic rings. The van der Waals surface area contributed by atoms with Crippen LogP contribution in [0, 0.1) is 6.92 Å². The first-order valence-corrected chi connectivity index (χ1v) is 6.19. The Labute approximate surface area is 115 Å². The Morgan fingerprint density at radius 1 is 1.21 bits per heavy atom. The topological polar surface area (TPSA) is 67.8 Å². The van der Waals surface area contributed by atoms with Crippen LogP contribution in [0.4, 0.5) is 5.82 Å². The van der Waals surface area contributed by atoms with Crippen LogP contribution in [0.5, 0.6) is 0 Å². The summed E-state index contributed by atoms with van der Waals surface area (Å²) >= 11 is 6.03. The zero-order valence-electron chi connectivity index (χ0n) is 10.3. The fourth-order valence-electron chi connectivity index (χ4n) is 2.15. The van der Waals surface area contributed by atoms with Crippen molar-refractivity contribution >= 4 is 17.4 Å². The number of benzene rings is 1. The van der Waals surface area contributed by atoms with Crippen LogP contribution in [-0.2, 0) is 0 Å². The van der Waals surface area contributed by atoms with E-state index in [9.17, 15) is 0 Å². The van der Waals surface area contributed by atoms with Gasteiger partial charge in [0.1, 0.15) is 0 Å². The molecule has 0 atom stereocenters. The predicted octanol–water partition coefficient (Wildman–Crippen LogP) is 3.88. The Morgan fingerprint density at radius 3 is 2.68 bits per heavy atom. The number of H-pyrrole nitrogens is 1. The summed E-state index contributed by atoms with van der Waals surface area (Å²) in [5.41, 5.74) is 10.5. The second kappa shape index (κ2) is 4.48. The van der Waals surface area contributed by atoms with Crippen molar-refractivity contribution < 1.29 is 4.42 Å². The molecule has 0 aliphatic rings. The van der Waals surface area contributed by atoms with Crippen LogP contribution in [0.3, 0.4) is 0 Å². The van der Waals surface area contributed by atoms with Gasteiger partial charge in [0.15, 0.2) is 5.82 Å². The first kappa shape index (κ1) is 11.9. The van der Waals surface area contributed by atoms with Gasteiger partial charge in [0, 0.05) is 0 Å². The smallest absolute Gasteiger partial charge is 0.202 e. The summed E-state index contributed by atoms with van der Waals surface area (Å²) in [6, 6.07) is 9.78. The molecule has 0 bridgehead atoms. The minimum atomic E-state index is 0.318. The lowest BCUT2D eigenvalue weighted by Gasteiger charge is -2.06. The molecule has 0 aliphatic carbocycles. The number of nitrogens with two attached hydrogens (primary N) is 1. The first-order valence-electron chi connectivity index (χ1n) is 5.81. The number of hydrogen-bond acceptors (Lipinski definition) is 3. The van der Waals surface area contributed by atoms with Crippen LogP contribution in [0.1, 0.15) is 5.56 Å². The number of nitrogen functional groups attached to an aromatic ring is 1. The number of aromatic nitrogens is 2. The second-order valence-electron chi connectivity index (χ2n) is 4.28. The zero-order chi connectivity index (χ0) is 13.4. The van der Waals surface area contributed by atoms with Crippen molar-refractivity contribution in [2.75, 3.05) is 5.73 Å². The summed E-state index contributed by atoms with van der Waals surface area (Å²) in [5, 5.41) is 7.33. The highest BCUT2D eigenvalue weighted by Crippen LogP contribution is 2.39. The van der Waals surface area contributed by atoms with E-state index in [0.29, 0.717) is 11.0 Å². The molecule has 5 heteroatoms. The third-order valence-electron chi connectivity index (χ3n) is 3.10. The number of furan rings is 1. The van der Waals surface area contributed by atoms with Crippen molar-refractivity contribution in [1.82, 2.24) is 10.2 Å². The largest absolute Gasteiger partial charge is 0.452 e. The molecule has 3 N–H and O–H groups in total. The molecule has 0 fully saturated rings. The molecule has 96 valence electrons. The van der Waals surface area contributed by atoms with Crippen LogP contribution in [0.15, 0.2) is 41.0 Å². The van der Waals surface area contributed by atoms with Gasteiger partial charge in [0.2, 0.25) is 5.22 Å². The second-order valence-corrected chi connectivity index (χ2v) is 4.63. The summed E-state index contributed by atoms with van der Waals surface area (Å²) in [7, 11) is 0. The average molecular weight is 274 g/mol. The van der Waals surface area contributed by atoms with E-state index in [1.165, 1.54) is 6.26 Å². The molecule has 0 unspecified atom stereocenters. The standard InChI is InChI=1S/C14H12ClN3O/c1-8-4-2-3-5-9(8)11-12(17-18-14(11)16)10-6-7-19-13(10)15/h2-7H,1H3,(H3,16,17,18). The Morgan fingerprint density at radius 2 is 2.00 bits per heavy atom. The molecular weight excluding hydrogens is 262 g/mol. The third-order valence-corrected chi connectivity index (χ3v) is 3.39. The lowest BCUT2D eigenvalue weighted by atomic mass is 9.98. The van der Waals surface area contributed by atoms with E-state index in [-0.39, 0.29) is 0 Å². The number of aromatic amines is 1. The monoisotopic (exact) mass is 273 g/mol. The number of rotatable bonds is 2. The van der Waals surface area contributed by atoms with Crippen molar-refractivity contribution in [2.24, 2.45) is 0 Å². The number of hydrogen-bond donors (Lipinski definition) is 2. The van der Waals surface area contributed by atoms with E-state index in [1.54, 1.807) is 6.07 Å². The van der Waals surface area contributed by atoms with Crippen molar-refractivity contribution in [3.63, 3.8) is 0 Å². The highest BCUT2D eigenvalue weighted by molar-refractivity contribution is 6.31. The van der Waals surface area contributed by atoms with Crippen LogP contribution < -0.4 is 5.73 Å². The number of halogens is 1. The minimum absolute atomic E-state index is 0.318. The van der Waals surface area contributed by atoms with E-state index in [4.69, 9.17) is 21.8 Å². The summed E-state index contributed by atoms with van der Waals surface area (Å²) in [6.45, 7) is 2.03. The molecule has 0 radical (unpaired) electrons. The summed E-state index contributed by atoms with van der Waals surface area (Å²) in [6.07, 6.45) is 1.54. The molecular formula is C14H12ClN3O. The quantitative estimate of drug-likeness (QED) is 0.744. The zero-order valence-corrected chi connectivity index (χ0v) is 11.0. The van der Waals surface area contributed by atoms with E-state index in [0.717, 1.165) is 27.9 Å². The van der Waals surface area contributed by atoms with Gasteiger partial charge in [-0.15, -0.1) is 0 Å². The van der Waals surface area contributed by atoms with Gasteiger partial charge in [0.25, 0.3) is 0 Å². The van der Waals surface area contributed by atoms with Gasteiger partial charge in [-0.2, -0.15) is 5.10 Å². The van der Waals surface area contributed by atoms with E-state index in [2.05, 4.69) is 10.2 Å². The van der Waals surface area contributed by atoms with Crippen LogP contribution in [0.2, 0.25) is 5.22 Å². The molecule has 0 aliphatic heterocycles. The Bertz CT molecular complexity index is 730. The van der Waals surface area contributed by atoms with E-state index < -0.39 is 0 Å². The lowest BCUT2D eigenvalue weighted by molar-refractivity contribution is 0.570. The van der Waals surface area contributed by atoms with Gasteiger partial charge in [0.05, 0.1) is 23.1 Å². The number of aryl methyl sites for hydroxylation is 1. The van der Waals surface area contributed by atoms with Crippen LogP contribution in [-0.4, -0.2) is 10.2 Å². The number of anilines is 1. The molecule has 2 heterocycles. The Hall–Kier alpha value is -2.20. The third kappa shape index (κ3) is 1.90.